The van der Waals surface area contributed by atoms with E-state index in [1.165, 1.54) is 36.4 Å². The molecule has 0 aromatic heterocycles. The number of carboxylic acids is 1. The summed E-state index contributed by atoms with van der Waals surface area (Å²) in [6.07, 6.45) is 2.07. The van der Waals surface area contributed by atoms with Crippen LogP contribution in [0.2, 0.25) is 0 Å². The lowest BCUT2D eigenvalue weighted by Crippen LogP contribution is -1.93. The van der Waals surface area contributed by atoms with Gasteiger partial charge in [0.25, 0.3) is 0 Å². The molecule has 0 aliphatic carbocycles. The Kier molecular flexibility index (Phi) is 4.70. The summed E-state index contributed by atoms with van der Waals surface area (Å²) in [7, 11) is 0. The number of carboxylic acid groups (broad SMARTS) is 1. The third-order valence-corrected chi connectivity index (χ3v) is 3.16. The Hall–Kier alpha value is -2.21. The molecule has 21 heavy (non-hydrogen) atoms. The molecule has 0 bridgehead atoms. The molecule has 2 rings (SSSR count). The molecule has 2 aromatic carbocycles. The Morgan fingerprint density at radius 3 is 2.62 bits per heavy atom. The van der Waals surface area contributed by atoms with Gasteiger partial charge in [0.05, 0.1) is 4.47 Å². The maximum Gasteiger partial charge on any atom is 0.328 e. The Labute approximate surface area is 127 Å². The zero-order chi connectivity index (χ0) is 15.4. The molecule has 0 atom stereocenters. The predicted molar refractivity (Wildman–Crippen MR) is 77.2 cm³/mol. The number of aliphatic carboxylic acids is 1. The molecule has 1 N–H and O–H groups in total. The standard InChI is InChI=1S/C15H9BrF2O3/c16-11-6-5-10(8-13(11)18)21-15-9(4-7-14(19)20)2-1-3-12(15)17/h1-8H,(H,19,20)/b7-4+. The van der Waals surface area contributed by atoms with Crippen molar-refractivity contribution in [3.63, 3.8) is 0 Å². The van der Waals surface area contributed by atoms with Crippen LogP contribution in [0.4, 0.5) is 8.78 Å². The topological polar surface area (TPSA) is 46.5 Å². The molecule has 0 unspecified atom stereocenters. The SMILES string of the molecule is O=C(O)/C=C/c1cccc(F)c1Oc1ccc(Br)c(F)c1. The fourth-order valence-corrected chi connectivity index (χ4v) is 1.83. The number of ether oxygens (including phenoxy) is 1. The smallest absolute Gasteiger partial charge is 0.328 e. The first-order valence-electron chi connectivity index (χ1n) is 5.80. The van der Waals surface area contributed by atoms with E-state index in [1.807, 2.05) is 0 Å². The van der Waals surface area contributed by atoms with E-state index in [4.69, 9.17) is 9.84 Å². The molecule has 0 heterocycles. The highest BCUT2D eigenvalue weighted by molar-refractivity contribution is 9.10. The molecule has 6 heteroatoms. The van der Waals surface area contributed by atoms with Crippen LogP contribution in [-0.2, 0) is 4.79 Å². The number of hydrogen-bond donors (Lipinski definition) is 1. The minimum absolute atomic E-state index is 0.103. The molecule has 0 spiro atoms. The first kappa shape index (κ1) is 15.2. The van der Waals surface area contributed by atoms with E-state index < -0.39 is 17.6 Å². The molecule has 2 aromatic rings. The molecule has 3 nitrogen and oxygen atoms in total. The highest BCUT2D eigenvalue weighted by Gasteiger charge is 2.11. The molecule has 0 aliphatic heterocycles. The average Bonchev–Trinajstić information content (AvgIpc) is 2.43. The van der Waals surface area contributed by atoms with Gasteiger partial charge >= 0.3 is 5.97 Å². The van der Waals surface area contributed by atoms with Crippen LogP contribution in [0.1, 0.15) is 5.56 Å². The summed E-state index contributed by atoms with van der Waals surface area (Å²) in [5, 5.41) is 8.62. The number of hydrogen-bond acceptors (Lipinski definition) is 2. The Balaban J connectivity index is 2.38. The minimum atomic E-state index is -1.17. The molecule has 0 radical (unpaired) electrons. The van der Waals surface area contributed by atoms with E-state index in [9.17, 15) is 13.6 Å². The molecule has 108 valence electrons. The van der Waals surface area contributed by atoms with E-state index in [1.54, 1.807) is 0 Å². The van der Waals surface area contributed by atoms with Gasteiger partial charge in [-0.25, -0.2) is 13.6 Å². The van der Waals surface area contributed by atoms with E-state index in [0.29, 0.717) is 0 Å². The lowest BCUT2D eigenvalue weighted by Gasteiger charge is -2.10. The maximum absolute atomic E-state index is 13.8. The lowest BCUT2D eigenvalue weighted by molar-refractivity contribution is -0.131. The zero-order valence-electron chi connectivity index (χ0n) is 10.5. The van der Waals surface area contributed by atoms with Gasteiger partial charge in [0.1, 0.15) is 11.6 Å². The molecule has 0 fully saturated rings. The Morgan fingerprint density at radius 1 is 1.19 bits per heavy atom. The third-order valence-electron chi connectivity index (χ3n) is 2.51. The van der Waals surface area contributed by atoms with Gasteiger partial charge in [-0.2, -0.15) is 0 Å². The van der Waals surface area contributed by atoms with Crippen LogP contribution in [0, 0.1) is 11.6 Å². The molecule has 0 aliphatic rings. The van der Waals surface area contributed by atoms with Gasteiger partial charge in [0.2, 0.25) is 0 Å². The maximum atomic E-state index is 13.8. The van der Waals surface area contributed by atoms with Gasteiger partial charge in [0.15, 0.2) is 11.6 Å². The van der Waals surface area contributed by atoms with Crippen molar-refractivity contribution >= 4 is 28.0 Å². The van der Waals surface area contributed by atoms with Crippen molar-refractivity contribution in [3.8, 4) is 11.5 Å². The van der Waals surface area contributed by atoms with Gasteiger partial charge in [-0.3, -0.25) is 0 Å². The van der Waals surface area contributed by atoms with Crippen molar-refractivity contribution in [2.75, 3.05) is 0 Å². The van der Waals surface area contributed by atoms with Crippen molar-refractivity contribution in [3.05, 3.63) is 64.1 Å². The van der Waals surface area contributed by atoms with Gasteiger partial charge in [-0.1, -0.05) is 12.1 Å². The van der Waals surface area contributed by atoms with Crippen LogP contribution in [0.3, 0.4) is 0 Å². The molecular weight excluding hydrogens is 346 g/mol. The van der Waals surface area contributed by atoms with Crippen LogP contribution < -0.4 is 4.74 Å². The summed E-state index contributed by atoms with van der Waals surface area (Å²) in [6, 6.07) is 8.07. The summed E-state index contributed by atoms with van der Waals surface area (Å²) in [5.41, 5.74) is 0.237. The molecular formula is C15H9BrF2O3. The number of benzene rings is 2. The van der Waals surface area contributed by atoms with Crippen molar-refractivity contribution in [2.45, 2.75) is 0 Å². The van der Waals surface area contributed by atoms with Crippen LogP contribution in [0.15, 0.2) is 46.9 Å². The normalized spacial score (nSPS) is 10.8. The highest BCUT2D eigenvalue weighted by atomic mass is 79.9. The van der Waals surface area contributed by atoms with Gasteiger partial charge in [-0.05, 0) is 40.2 Å². The number of carbonyl (C=O) groups is 1. The second-order valence-corrected chi connectivity index (χ2v) is 4.86. The first-order valence-corrected chi connectivity index (χ1v) is 6.59. The highest BCUT2D eigenvalue weighted by Crippen LogP contribution is 2.31. The van der Waals surface area contributed by atoms with Crippen molar-refractivity contribution in [1.82, 2.24) is 0 Å². The van der Waals surface area contributed by atoms with Crippen LogP contribution in [0.25, 0.3) is 6.08 Å². The minimum Gasteiger partial charge on any atom is -0.478 e. The summed E-state index contributed by atoms with van der Waals surface area (Å²) < 4.78 is 32.8. The quantitative estimate of drug-likeness (QED) is 0.815. The number of halogens is 3. The number of rotatable bonds is 4. The summed E-state index contributed by atoms with van der Waals surface area (Å²) in [5.74, 6) is -2.46. The fraction of sp³-hybridized carbons (Fsp3) is 0. The third kappa shape index (κ3) is 3.88. The summed E-state index contributed by atoms with van der Waals surface area (Å²) in [4.78, 5) is 10.5. The van der Waals surface area contributed by atoms with Crippen LogP contribution in [-0.4, -0.2) is 11.1 Å². The van der Waals surface area contributed by atoms with E-state index in [-0.39, 0.29) is 21.5 Å². The Bertz CT molecular complexity index is 714. The van der Waals surface area contributed by atoms with Crippen molar-refractivity contribution in [2.24, 2.45) is 0 Å². The van der Waals surface area contributed by atoms with Crippen LogP contribution in [0.5, 0.6) is 11.5 Å². The molecule has 0 saturated carbocycles. The van der Waals surface area contributed by atoms with E-state index in [2.05, 4.69) is 15.9 Å². The van der Waals surface area contributed by atoms with Gasteiger partial charge in [0, 0.05) is 17.7 Å². The van der Waals surface area contributed by atoms with E-state index in [0.717, 1.165) is 12.1 Å². The van der Waals surface area contributed by atoms with Crippen LogP contribution >= 0.6 is 15.9 Å². The van der Waals surface area contributed by atoms with Gasteiger partial charge in [-0.15, -0.1) is 0 Å². The zero-order valence-corrected chi connectivity index (χ0v) is 12.1. The first-order chi connectivity index (χ1) is 9.97. The number of para-hydroxylation sites is 1. The van der Waals surface area contributed by atoms with E-state index >= 15 is 0 Å². The largest absolute Gasteiger partial charge is 0.478 e. The summed E-state index contributed by atoms with van der Waals surface area (Å²) >= 11 is 3.00. The second-order valence-electron chi connectivity index (χ2n) is 4.01. The predicted octanol–water partition coefficient (Wildman–Crippen LogP) is 4.62. The Morgan fingerprint density at radius 2 is 1.95 bits per heavy atom. The van der Waals surface area contributed by atoms with Gasteiger partial charge < -0.3 is 9.84 Å². The average molecular weight is 355 g/mol. The molecule has 0 amide bonds. The fourth-order valence-electron chi connectivity index (χ4n) is 1.58. The van der Waals surface area contributed by atoms with Crippen molar-refractivity contribution < 1.29 is 23.4 Å². The van der Waals surface area contributed by atoms with Crippen molar-refractivity contribution in [1.29, 1.82) is 0 Å². The monoisotopic (exact) mass is 354 g/mol. The lowest BCUT2D eigenvalue weighted by atomic mass is 10.1. The summed E-state index contributed by atoms with van der Waals surface area (Å²) in [6.45, 7) is 0. The molecule has 0 saturated heterocycles. The second kappa shape index (κ2) is 6.49.